The molecule has 1 unspecified atom stereocenters. The fourth-order valence-electron chi connectivity index (χ4n) is 3.29. The molecule has 2 aromatic rings. The maximum absolute atomic E-state index is 6.25. The summed E-state index contributed by atoms with van der Waals surface area (Å²) >= 11 is 3.59. The second kappa shape index (κ2) is 9.90. The van der Waals surface area contributed by atoms with Crippen molar-refractivity contribution in [2.45, 2.75) is 25.8 Å². The van der Waals surface area contributed by atoms with Crippen LogP contribution in [0, 0.1) is 0 Å². The lowest BCUT2D eigenvalue weighted by Crippen LogP contribution is -2.31. The van der Waals surface area contributed by atoms with Gasteiger partial charge in [-0.05, 0) is 36.8 Å². The molecule has 4 rings (SSSR count). The minimum Gasteiger partial charge on any atom is -0.445 e. The highest BCUT2D eigenvalue weighted by atomic mass is 79.9. The predicted molar refractivity (Wildman–Crippen MR) is 122 cm³/mol. The summed E-state index contributed by atoms with van der Waals surface area (Å²) in [6.07, 6.45) is 3.66. The van der Waals surface area contributed by atoms with Crippen LogP contribution in [0.2, 0.25) is 0 Å². The topological polar surface area (TPSA) is 59.3 Å². The lowest BCUT2D eigenvalue weighted by atomic mass is 10.0. The highest BCUT2D eigenvalue weighted by molar-refractivity contribution is 9.10. The molecule has 2 atom stereocenters. The molecule has 0 N–H and O–H groups in total. The first kappa shape index (κ1) is 20.6. The van der Waals surface area contributed by atoms with E-state index < -0.39 is 0 Å². The van der Waals surface area contributed by atoms with E-state index in [1.807, 2.05) is 30.3 Å². The summed E-state index contributed by atoms with van der Waals surface area (Å²) in [5.74, 6) is 0.686. The maximum atomic E-state index is 6.25. The normalized spacial score (nSPS) is 20.1. The van der Waals surface area contributed by atoms with Crippen LogP contribution < -0.4 is 0 Å². The van der Waals surface area contributed by atoms with E-state index in [0.29, 0.717) is 5.90 Å². The van der Waals surface area contributed by atoms with Gasteiger partial charge >= 0.3 is 0 Å². The number of aliphatic imine (C=N–C) groups is 2. The number of hydrogen-bond acceptors (Lipinski definition) is 6. The Morgan fingerprint density at radius 3 is 2.86 bits per heavy atom. The van der Waals surface area contributed by atoms with Gasteiger partial charge in [0.1, 0.15) is 6.04 Å². The zero-order chi connectivity index (χ0) is 20.1. The molecule has 2 aliphatic heterocycles. The fourth-order valence-corrected chi connectivity index (χ4v) is 4.43. The van der Waals surface area contributed by atoms with Gasteiger partial charge in [0.05, 0.1) is 30.3 Å². The molecule has 8 heteroatoms. The van der Waals surface area contributed by atoms with Crippen molar-refractivity contribution in [2.24, 2.45) is 9.98 Å². The monoisotopic (exact) mass is 474 g/mol. The van der Waals surface area contributed by atoms with Crippen LogP contribution in [-0.4, -0.2) is 53.6 Å². The average Bonchev–Trinajstić information content (AvgIpc) is 2.91. The van der Waals surface area contributed by atoms with Gasteiger partial charge in [0.2, 0.25) is 5.90 Å². The third-order valence-corrected chi connectivity index (χ3v) is 6.27. The van der Waals surface area contributed by atoms with Crippen molar-refractivity contribution in [3.05, 3.63) is 58.3 Å². The van der Waals surface area contributed by atoms with Gasteiger partial charge < -0.3 is 9.26 Å². The standard InChI is InChI=1S/C21H24BrN4O2P/c1-2-5-19-21(28-29-26-10-12-27-13-11-26)25-17-8-7-15(22)14-16(17)20(24-19)18-6-3-4-9-23-18/h3-4,6-9,14,19,29H,2,5,10-13H2,1H3/t19-/m0/s1. The average molecular weight is 475 g/mol. The van der Waals surface area contributed by atoms with E-state index >= 15 is 0 Å². The summed E-state index contributed by atoms with van der Waals surface area (Å²) < 4.78 is 14.9. The molecule has 0 spiro atoms. The minimum atomic E-state index is -0.128. The lowest BCUT2D eigenvalue weighted by Gasteiger charge is -2.26. The number of pyridine rings is 1. The first-order chi connectivity index (χ1) is 14.2. The number of morpholine rings is 1. The lowest BCUT2D eigenvalue weighted by molar-refractivity contribution is 0.0735. The molecular weight excluding hydrogens is 451 g/mol. The van der Waals surface area contributed by atoms with Gasteiger partial charge in [0.25, 0.3) is 0 Å². The van der Waals surface area contributed by atoms with E-state index in [1.54, 1.807) is 6.20 Å². The first-order valence-electron chi connectivity index (χ1n) is 9.87. The second-order valence-electron chi connectivity index (χ2n) is 6.90. The molecule has 1 aromatic carbocycles. The Balaban J connectivity index is 1.71. The Bertz CT molecular complexity index is 901. The molecule has 0 bridgehead atoms. The zero-order valence-electron chi connectivity index (χ0n) is 16.3. The predicted octanol–water partition coefficient (Wildman–Crippen LogP) is 4.75. The van der Waals surface area contributed by atoms with Gasteiger partial charge in [-0.1, -0.05) is 35.3 Å². The second-order valence-corrected chi connectivity index (χ2v) is 8.84. The van der Waals surface area contributed by atoms with Gasteiger partial charge in [-0.25, -0.2) is 9.66 Å². The van der Waals surface area contributed by atoms with Crippen LogP contribution in [0.1, 0.15) is 31.0 Å². The summed E-state index contributed by atoms with van der Waals surface area (Å²) in [5, 5.41) is 0. The van der Waals surface area contributed by atoms with Crippen LogP contribution in [0.5, 0.6) is 0 Å². The molecule has 6 nitrogen and oxygen atoms in total. The van der Waals surface area contributed by atoms with Crippen molar-refractivity contribution in [3.8, 4) is 0 Å². The summed E-state index contributed by atoms with van der Waals surface area (Å²) in [4.78, 5) is 14.6. The number of ether oxygens (including phenoxy) is 1. The molecule has 152 valence electrons. The van der Waals surface area contributed by atoms with Crippen molar-refractivity contribution < 1.29 is 9.26 Å². The molecule has 3 heterocycles. The van der Waals surface area contributed by atoms with Crippen LogP contribution in [0.3, 0.4) is 0 Å². The molecule has 0 radical (unpaired) electrons. The smallest absolute Gasteiger partial charge is 0.218 e. The highest BCUT2D eigenvalue weighted by Gasteiger charge is 2.26. The van der Waals surface area contributed by atoms with Gasteiger partial charge in [-0.2, -0.15) is 0 Å². The van der Waals surface area contributed by atoms with E-state index in [-0.39, 0.29) is 15.0 Å². The molecular formula is C21H24BrN4O2P. The van der Waals surface area contributed by atoms with Gasteiger partial charge in [0.15, 0.2) is 8.96 Å². The minimum absolute atomic E-state index is 0.128. The van der Waals surface area contributed by atoms with Crippen LogP contribution in [0.4, 0.5) is 5.69 Å². The van der Waals surface area contributed by atoms with Crippen LogP contribution in [0.15, 0.2) is 57.1 Å². The number of aromatic nitrogens is 1. The molecule has 0 aliphatic carbocycles. The van der Waals surface area contributed by atoms with E-state index in [2.05, 4.69) is 38.6 Å². The quantitative estimate of drug-likeness (QED) is 0.586. The van der Waals surface area contributed by atoms with Gasteiger partial charge in [-0.3, -0.25) is 9.98 Å². The molecule has 2 aliphatic rings. The van der Waals surface area contributed by atoms with E-state index in [4.69, 9.17) is 19.2 Å². The van der Waals surface area contributed by atoms with Crippen molar-refractivity contribution in [3.63, 3.8) is 0 Å². The van der Waals surface area contributed by atoms with Crippen molar-refractivity contribution in [1.82, 2.24) is 9.65 Å². The van der Waals surface area contributed by atoms with E-state index in [0.717, 1.165) is 66.3 Å². The third-order valence-electron chi connectivity index (χ3n) is 4.77. The van der Waals surface area contributed by atoms with Gasteiger partial charge in [0, 0.05) is 29.3 Å². The number of rotatable bonds is 5. The number of hydrogen-bond donors (Lipinski definition) is 0. The third kappa shape index (κ3) is 5.10. The highest BCUT2D eigenvalue weighted by Crippen LogP contribution is 2.32. The SMILES string of the molecule is CCC[C@@H]1N=C(c2ccccn2)c2cc(Br)ccc2N=C1OPN1CCOCC1. The van der Waals surface area contributed by atoms with Crippen LogP contribution >= 0.6 is 24.9 Å². The summed E-state index contributed by atoms with van der Waals surface area (Å²) in [6, 6.07) is 11.8. The molecule has 29 heavy (non-hydrogen) atoms. The van der Waals surface area contributed by atoms with Crippen molar-refractivity contribution in [2.75, 3.05) is 26.3 Å². The number of halogens is 1. The number of benzene rings is 1. The fraction of sp³-hybridized carbons (Fsp3) is 0.381. The molecule has 0 amide bonds. The summed E-state index contributed by atoms with van der Waals surface area (Å²) in [6.45, 7) is 5.43. The Hall–Kier alpha value is -1.66. The maximum Gasteiger partial charge on any atom is 0.218 e. The number of fused-ring (bicyclic) bond motifs is 1. The Morgan fingerprint density at radius 1 is 1.24 bits per heavy atom. The zero-order valence-corrected chi connectivity index (χ0v) is 18.9. The Morgan fingerprint density at radius 2 is 2.10 bits per heavy atom. The van der Waals surface area contributed by atoms with Gasteiger partial charge in [-0.15, -0.1) is 0 Å². The van der Waals surface area contributed by atoms with E-state index in [1.165, 1.54) is 0 Å². The molecule has 1 aromatic heterocycles. The number of nitrogens with zero attached hydrogens (tertiary/aromatic N) is 4. The largest absolute Gasteiger partial charge is 0.445 e. The van der Waals surface area contributed by atoms with E-state index in [9.17, 15) is 0 Å². The van der Waals surface area contributed by atoms with Crippen LogP contribution in [0.25, 0.3) is 0 Å². The molecule has 0 saturated carbocycles. The van der Waals surface area contributed by atoms with Crippen LogP contribution in [-0.2, 0) is 9.26 Å². The van der Waals surface area contributed by atoms with Crippen molar-refractivity contribution >= 4 is 42.2 Å². The Kier molecular flexibility index (Phi) is 7.03. The first-order valence-corrected chi connectivity index (χ1v) is 11.5. The molecule has 1 saturated heterocycles. The van der Waals surface area contributed by atoms with Crippen molar-refractivity contribution in [1.29, 1.82) is 0 Å². The Labute approximate surface area is 181 Å². The molecule has 1 fully saturated rings. The summed E-state index contributed by atoms with van der Waals surface area (Å²) in [5.41, 5.74) is 3.53. The summed E-state index contributed by atoms with van der Waals surface area (Å²) in [7, 11) is 0.222.